The summed E-state index contributed by atoms with van der Waals surface area (Å²) in [6, 6.07) is 11.5. The molecular weight excluding hydrogens is 695 g/mol. The van der Waals surface area contributed by atoms with E-state index in [2.05, 4.69) is 0 Å². The van der Waals surface area contributed by atoms with E-state index >= 15 is 0 Å². The van der Waals surface area contributed by atoms with Crippen LogP contribution in [0.25, 0.3) is 0 Å². The number of hydrogen-bond acceptors (Lipinski definition) is 6. The van der Waals surface area contributed by atoms with Gasteiger partial charge in [0.15, 0.2) is 0 Å². The van der Waals surface area contributed by atoms with Crippen LogP contribution in [0.3, 0.4) is 0 Å². The van der Waals surface area contributed by atoms with Crippen LogP contribution in [0, 0.1) is 7.14 Å². The minimum atomic E-state index is -4.27. The molecule has 0 radical (unpaired) electrons. The quantitative estimate of drug-likeness (QED) is 0.269. The maximum atomic E-state index is 10.4. The SMILES string of the molecule is O=S(=O)([O-])c1ccc(I)cc1.O=S(=O)([O-])c1ccc(I)cc1.[Ba+2]. The largest absolute Gasteiger partial charge is 2.00 e. The van der Waals surface area contributed by atoms with E-state index in [1.165, 1.54) is 24.3 Å². The first-order valence-electron chi connectivity index (χ1n) is 5.43. The molecule has 0 atom stereocenters. The van der Waals surface area contributed by atoms with Crippen molar-refractivity contribution in [3.05, 3.63) is 55.7 Å². The molecule has 0 fully saturated rings. The van der Waals surface area contributed by atoms with Crippen LogP contribution in [0.2, 0.25) is 0 Å². The Balaban J connectivity index is 0.000000403. The minimum absolute atomic E-state index is 0. The first-order valence-corrected chi connectivity index (χ1v) is 10.4. The Labute approximate surface area is 202 Å². The van der Waals surface area contributed by atoms with E-state index in [0.29, 0.717) is 0 Å². The fraction of sp³-hybridized carbons (Fsp3) is 0. The summed E-state index contributed by atoms with van der Waals surface area (Å²) < 4.78 is 64.1. The summed E-state index contributed by atoms with van der Waals surface area (Å²) in [6.07, 6.45) is 0. The first kappa shape index (κ1) is 24.3. The summed E-state index contributed by atoms with van der Waals surface area (Å²) in [5, 5.41) is 0. The molecule has 0 aliphatic carbocycles. The summed E-state index contributed by atoms with van der Waals surface area (Å²) in [6.45, 7) is 0. The van der Waals surface area contributed by atoms with Crippen molar-refractivity contribution < 1.29 is 25.9 Å². The standard InChI is InChI=1S/2C6H5IO3S.Ba/c2*7-5-1-3-6(4-2-5)11(8,9)10;/h2*1-4H,(H,8,9,10);/q;;+2/p-2. The zero-order valence-corrected chi connectivity index (χ0v) is 21.7. The second-order valence-corrected chi connectivity index (χ2v) is 9.07. The monoisotopic (exact) mass is 704 g/mol. The zero-order valence-electron chi connectivity index (χ0n) is 11.3. The molecule has 0 aromatic heterocycles. The smallest absolute Gasteiger partial charge is 0.744 e. The second kappa shape index (κ2) is 10.4. The molecule has 2 aromatic rings. The molecule has 0 heterocycles. The predicted octanol–water partition coefficient (Wildman–Crippen LogP) is 2.01. The van der Waals surface area contributed by atoms with E-state index in [9.17, 15) is 25.9 Å². The number of hydrogen-bond donors (Lipinski definition) is 0. The molecule has 0 aliphatic rings. The van der Waals surface area contributed by atoms with Gasteiger partial charge in [0.2, 0.25) is 0 Å². The molecule has 0 saturated carbocycles. The summed E-state index contributed by atoms with van der Waals surface area (Å²) in [7, 11) is -8.55. The van der Waals surface area contributed by atoms with Gasteiger partial charge in [-0.3, -0.25) is 0 Å². The van der Waals surface area contributed by atoms with Gasteiger partial charge < -0.3 is 9.11 Å². The van der Waals surface area contributed by atoms with Crippen LogP contribution >= 0.6 is 45.2 Å². The van der Waals surface area contributed by atoms with Gasteiger partial charge in [-0.2, -0.15) is 0 Å². The van der Waals surface area contributed by atoms with Gasteiger partial charge in [-0.1, -0.05) is 0 Å². The first-order chi connectivity index (χ1) is 10.00. The van der Waals surface area contributed by atoms with E-state index in [0.717, 1.165) is 7.14 Å². The van der Waals surface area contributed by atoms with Crippen LogP contribution in [0.5, 0.6) is 0 Å². The van der Waals surface area contributed by atoms with E-state index in [4.69, 9.17) is 0 Å². The van der Waals surface area contributed by atoms with Gasteiger partial charge in [0.1, 0.15) is 20.2 Å². The maximum absolute atomic E-state index is 10.4. The van der Waals surface area contributed by atoms with Gasteiger partial charge in [0, 0.05) is 7.14 Å². The van der Waals surface area contributed by atoms with Crippen LogP contribution in [0.15, 0.2) is 58.3 Å². The Morgan fingerprint density at radius 3 is 1.00 bits per heavy atom. The molecule has 0 bridgehead atoms. The van der Waals surface area contributed by atoms with Crippen LogP contribution in [0.4, 0.5) is 0 Å². The van der Waals surface area contributed by atoms with Crippen molar-refractivity contribution in [1.82, 2.24) is 0 Å². The molecule has 0 saturated heterocycles. The van der Waals surface area contributed by atoms with E-state index in [1.54, 1.807) is 24.3 Å². The Morgan fingerprint density at radius 1 is 0.609 bits per heavy atom. The number of halogens is 2. The molecule has 0 aliphatic heterocycles. The fourth-order valence-electron chi connectivity index (χ4n) is 1.20. The molecule has 0 unspecified atom stereocenters. The van der Waals surface area contributed by atoms with Crippen LogP contribution in [-0.2, 0) is 20.2 Å². The van der Waals surface area contributed by atoms with Gasteiger partial charge in [-0.05, 0) is 93.7 Å². The van der Waals surface area contributed by atoms with Crippen molar-refractivity contribution in [1.29, 1.82) is 0 Å². The summed E-state index contributed by atoms with van der Waals surface area (Å²) in [4.78, 5) is -0.365. The van der Waals surface area contributed by atoms with Crippen molar-refractivity contribution in [3.8, 4) is 0 Å². The van der Waals surface area contributed by atoms with Crippen molar-refractivity contribution in [3.63, 3.8) is 0 Å². The summed E-state index contributed by atoms with van der Waals surface area (Å²) in [5.41, 5.74) is 0. The summed E-state index contributed by atoms with van der Waals surface area (Å²) >= 11 is 4.06. The summed E-state index contributed by atoms with van der Waals surface area (Å²) in [5.74, 6) is 0. The van der Waals surface area contributed by atoms with Gasteiger partial charge in [-0.25, -0.2) is 16.8 Å². The molecular formula is C12H8BaI2O6S2. The molecule has 120 valence electrons. The Kier molecular flexibility index (Phi) is 11.0. The molecule has 11 heteroatoms. The van der Waals surface area contributed by atoms with Gasteiger partial charge in [-0.15, -0.1) is 0 Å². The van der Waals surface area contributed by atoms with Crippen LogP contribution in [0.1, 0.15) is 0 Å². The third-order valence-electron chi connectivity index (χ3n) is 2.20. The zero-order chi connectivity index (χ0) is 17.0. The Morgan fingerprint density at radius 2 is 0.826 bits per heavy atom. The van der Waals surface area contributed by atoms with E-state index < -0.39 is 20.2 Å². The second-order valence-electron chi connectivity index (χ2n) is 3.82. The van der Waals surface area contributed by atoms with Crippen molar-refractivity contribution >= 4 is 114 Å². The van der Waals surface area contributed by atoms with Gasteiger partial charge in [0.05, 0.1) is 9.79 Å². The van der Waals surface area contributed by atoms with Gasteiger partial charge >= 0.3 is 48.9 Å². The van der Waals surface area contributed by atoms with Crippen LogP contribution < -0.4 is 0 Å². The van der Waals surface area contributed by atoms with Crippen molar-refractivity contribution in [2.45, 2.75) is 9.79 Å². The number of rotatable bonds is 2. The maximum Gasteiger partial charge on any atom is 2.00 e. The Hall–Kier alpha value is 1.29. The Bertz CT molecular complexity index is 761. The molecule has 23 heavy (non-hydrogen) atoms. The molecule has 2 rings (SSSR count). The van der Waals surface area contributed by atoms with E-state index in [-0.39, 0.29) is 58.7 Å². The molecule has 0 N–H and O–H groups in total. The minimum Gasteiger partial charge on any atom is -0.744 e. The predicted molar refractivity (Wildman–Crippen MR) is 100.0 cm³/mol. The topological polar surface area (TPSA) is 114 Å². The third-order valence-corrected chi connectivity index (χ3v) is 5.34. The molecule has 0 amide bonds. The third kappa shape index (κ3) is 9.53. The van der Waals surface area contributed by atoms with Crippen molar-refractivity contribution in [2.75, 3.05) is 0 Å². The van der Waals surface area contributed by atoms with Crippen LogP contribution in [-0.4, -0.2) is 74.8 Å². The van der Waals surface area contributed by atoms with Gasteiger partial charge in [0.25, 0.3) is 0 Å². The average molecular weight is 703 g/mol. The molecule has 6 nitrogen and oxygen atoms in total. The fourth-order valence-corrected chi connectivity index (χ4v) is 2.86. The van der Waals surface area contributed by atoms with E-state index in [1.807, 2.05) is 45.2 Å². The number of benzene rings is 2. The van der Waals surface area contributed by atoms with Crippen molar-refractivity contribution in [2.24, 2.45) is 0 Å². The molecule has 0 spiro atoms. The molecule has 2 aromatic carbocycles. The average Bonchev–Trinajstić information content (AvgIpc) is 2.38. The normalized spacial score (nSPS) is 11.0.